The number of ether oxygens (including phenoxy) is 4. The highest BCUT2D eigenvalue weighted by atomic mass is 31.2. The number of anilines is 1. The lowest BCUT2D eigenvalue weighted by Crippen LogP contribution is -2.60. The number of rotatable bonds is 14. The van der Waals surface area contributed by atoms with Gasteiger partial charge in [-0.05, 0) is 63.3 Å². The number of hydrogen-bond donors (Lipinski definition) is 2. The Balaban J connectivity index is 1.50. The van der Waals surface area contributed by atoms with Crippen molar-refractivity contribution < 1.29 is 46.9 Å². The van der Waals surface area contributed by atoms with Crippen LogP contribution in [0.1, 0.15) is 72.1 Å². The Bertz CT molecular complexity index is 1680. The number of esters is 3. The third-order valence-corrected chi connectivity index (χ3v) is 10.5. The Morgan fingerprint density at radius 1 is 1.15 bits per heavy atom. The SMILES string of the molecule is CC[C@]1(OC(C)=O)[C@@H](OC(C)=O)[C@H](c2ccc3c(N)ncnn23)O[C@]1(C)CO[P@](=O)(N[C@@H](C)C(=O)OCC1CCC1)Oc1ccccc1. The van der Waals surface area contributed by atoms with Crippen LogP contribution in [0, 0.1) is 5.92 Å². The number of nitrogens with two attached hydrogens (primary N) is 1. The van der Waals surface area contributed by atoms with Gasteiger partial charge in [0.2, 0.25) is 0 Å². The Morgan fingerprint density at radius 2 is 1.88 bits per heavy atom. The van der Waals surface area contributed by atoms with E-state index < -0.39 is 61.7 Å². The van der Waals surface area contributed by atoms with E-state index in [2.05, 4.69) is 15.2 Å². The molecule has 2 fully saturated rings. The van der Waals surface area contributed by atoms with E-state index in [1.165, 1.54) is 31.6 Å². The maximum atomic E-state index is 14.5. The van der Waals surface area contributed by atoms with E-state index >= 15 is 0 Å². The molecule has 0 amide bonds. The fraction of sp³-hybridized carbons (Fsp3) is 0.531. The van der Waals surface area contributed by atoms with E-state index in [4.69, 9.17) is 33.7 Å². The minimum Gasteiger partial charge on any atom is -0.464 e. The highest BCUT2D eigenvalue weighted by molar-refractivity contribution is 7.52. The molecular formula is C32H42N5O10P. The van der Waals surface area contributed by atoms with E-state index in [9.17, 15) is 18.9 Å². The molecule has 3 aromatic rings. The standard InChI is InChI=1S/C32H42N5O10P/c1-6-32(45-22(4)39)28(44-21(3)38)27(25-15-16-26-29(33)34-19-35-37(25)26)46-31(32,5)18-43-48(41,47-24-13-8-7-9-14-24)36-20(2)30(40)42-17-23-11-10-12-23/h7-9,13-16,19-20,23,27-28H,6,10-12,17-18H2,1-5H3,(H,36,41)(H2,33,34,35)/t20-,27-,28-,31+,32-,48+/m0/s1. The zero-order valence-electron chi connectivity index (χ0n) is 27.6. The summed E-state index contributed by atoms with van der Waals surface area (Å²) in [5.41, 5.74) is 3.68. The van der Waals surface area contributed by atoms with Crippen LogP contribution in [0.15, 0.2) is 48.8 Å². The highest BCUT2D eigenvalue weighted by Gasteiger charge is 2.68. The first kappa shape index (κ1) is 35.3. The quantitative estimate of drug-likeness (QED) is 0.138. The van der Waals surface area contributed by atoms with E-state index in [1.807, 2.05) is 0 Å². The van der Waals surface area contributed by atoms with Gasteiger partial charge in [-0.1, -0.05) is 31.5 Å². The van der Waals surface area contributed by atoms with Gasteiger partial charge in [0.05, 0.1) is 18.9 Å². The average molecular weight is 688 g/mol. The molecule has 260 valence electrons. The molecule has 1 saturated heterocycles. The van der Waals surface area contributed by atoms with Gasteiger partial charge in [0.25, 0.3) is 0 Å². The van der Waals surface area contributed by atoms with Gasteiger partial charge in [-0.2, -0.15) is 10.2 Å². The smallest absolute Gasteiger partial charge is 0.459 e. The van der Waals surface area contributed by atoms with Crippen molar-refractivity contribution in [2.24, 2.45) is 5.92 Å². The normalized spacial score (nSPS) is 25.9. The molecule has 1 aromatic carbocycles. The predicted molar refractivity (Wildman–Crippen MR) is 171 cm³/mol. The lowest BCUT2D eigenvalue weighted by molar-refractivity contribution is -0.200. The van der Waals surface area contributed by atoms with Crippen molar-refractivity contribution in [1.29, 1.82) is 0 Å². The van der Waals surface area contributed by atoms with Crippen molar-refractivity contribution in [2.45, 2.75) is 89.8 Å². The summed E-state index contributed by atoms with van der Waals surface area (Å²) in [6.45, 7) is 7.03. The van der Waals surface area contributed by atoms with Crippen LogP contribution in [-0.4, -0.2) is 69.1 Å². The van der Waals surface area contributed by atoms with Crippen LogP contribution in [0.25, 0.3) is 5.52 Å². The molecule has 0 unspecified atom stereocenters. The van der Waals surface area contributed by atoms with Crippen molar-refractivity contribution in [3.63, 3.8) is 0 Å². The molecule has 15 nitrogen and oxygen atoms in total. The van der Waals surface area contributed by atoms with Gasteiger partial charge in [0, 0.05) is 13.8 Å². The molecule has 5 rings (SSSR count). The third kappa shape index (κ3) is 7.19. The monoisotopic (exact) mass is 687 g/mol. The molecular weight excluding hydrogens is 645 g/mol. The predicted octanol–water partition coefficient (Wildman–Crippen LogP) is 4.31. The topological polar surface area (TPSA) is 192 Å². The van der Waals surface area contributed by atoms with Crippen molar-refractivity contribution >= 4 is 37.0 Å². The molecule has 2 aromatic heterocycles. The number of nitrogen functional groups attached to an aromatic ring is 1. The van der Waals surface area contributed by atoms with Crippen LogP contribution in [0.5, 0.6) is 5.75 Å². The van der Waals surface area contributed by atoms with Crippen molar-refractivity contribution in [1.82, 2.24) is 19.7 Å². The zero-order valence-corrected chi connectivity index (χ0v) is 28.5. The Kier molecular flexibility index (Phi) is 10.4. The van der Waals surface area contributed by atoms with Gasteiger partial charge in [-0.25, -0.2) is 14.1 Å². The third-order valence-electron chi connectivity index (χ3n) is 8.83. The van der Waals surface area contributed by atoms with Crippen LogP contribution < -0.4 is 15.3 Å². The van der Waals surface area contributed by atoms with Crippen molar-refractivity contribution in [2.75, 3.05) is 18.9 Å². The summed E-state index contributed by atoms with van der Waals surface area (Å²) in [5, 5.41) is 7.00. The molecule has 16 heteroatoms. The average Bonchev–Trinajstić information content (AvgIpc) is 3.54. The van der Waals surface area contributed by atoms with Gasteiger partial charge < -0.3 is 29.2 Å². The lowest BCUT2D eigenvalue weighted by Gasteiger charge is -2.42. The molecule has 0 radical (unpaired) electrons. The van der Waals surface area contributed by atoms with E-state index in [0.717, 1.165) is 19.3 Å². The molecule has 2 aliphatic rings. The number of nitrogens with zero attached hydrogens (tertiary/aromatic N) is 3. The summed E-state index contributed by atoms with van der Waals surface area (Å²) in [5.74, 6) is -1.24. The van der Waals surface area contributed by atoms with Crippen LogP contribution >= 0.6 is 7.75 Å². The summed E-state index contributed by atoms with van der Waals surface area (Å²) in [6, 6.07) is 10.6. The van der Waals surface area contributed by atoms with Gasteiger partial charge in [-0.3, -0.25) is 18.9 Å². The second kappa shape index (κ2) is 14.2. The molecule has 6 atom stereocenters. The van der Waals surface area contributed by atoms with Gasteiger partial charge >= 0.3 is 25.7 Å². The molecule has 3 heterocycles. The first-order valence-corrected chi connectivity index (χ1v) is 17.4. The molecule has 1 aliphatic carbocycles. The number of nitrogens with one attached hydrogen (secondary N) is 1. The number of carbonyl (C=O) groups is 3. The van der Waals surface area contributed by atoms with Gasteiger partial charge in [0.1, 0.15) is 35.3 Å². The fourth-order valence-electron chi connectivity index (χ4n) is 6.15. The molecule has 1 saturated carbocycles. The van der Waals surface area contributed by atoms with Crippen LogP contribution in [0.3, 0.4) is 0 Å². The molecule has 3 N–H and O–H groups in total. The fourth-order valence-corrected chi connectivity index (χ4v) is 7.72. The minimum atomic E-state index is -4.38. The van der Waals surface area contributed by atoms with E-state index in [0.29, 0.717) is 17.1 Å². The summed E-state index contributed by atoms with van der Waals surface area (Å²) in [7, 11) is -4.38. The van der Waals surface area contributed by atoms with Crippen molar-refractivity contribution in [3.8, 4) is 5.75 Å². The first-order chi connectivity index (χ1) is 22.8. The second-order valence-electron chi connectivity index (χ2n) is 12.3. The summed E-state index contributed by atoms with van der Waals surface area (Å²) in [4.78, 5) is 42.1. The van der Waals surface area contributed by atoms with E-state index in [1.54, 1.807) is 56.3 Å². The largest absolute Gasteiger partial charge is 0.464 e. The van der Waals surface area contributed by atoms with E-state index in [-0.39, 0.29) is 24.6 Å². The zero-order chi connectivity index (χ0) is 34.7. The summed E-state index contributed by atoms with van der Waals surface area (Å²) >= 11 is 0. The van der Waals surface area contributed by atoms with Crippen LogP contribution in [0.2, 0.25) is 0 Å². The Morgan fingerprint density at radius 3 is 2.50 bits per heavy atom. The number of fused-ring (bicyclic) bond motifs is 1. The maximum absolute atomic E-state index is 14.5. The highest BCUT2D eigenvalue weighted by Crippen LogP contribution is 2.55. The minimum absolute atomic E-state index is 0.0858. The van der Waals surface area contributed by atoms with Crippen molar-refractivity contribution in [3.05, 3.63) is 54.5 Å². The summed E-state index contributed by atoms with van der Waals surface area (Å²) < 4.78 is 51.8. The number of benzene rings is 1. The van der Waals surface area contributed by atoms with Crippen LogP contribution in [0.4, 0.5) is 5.82 Å². The summed E-state index contributed by atoms with van der Waals surface area (Å²) in [6.07, 6.45) is 2.15. The van der Waals surface area contributed by atoms with Crippen LogP contribution in [-0.2, 0) is 42.4 Å². The maximum Gasteiger partial charge on any atom is 0.459 e. The molecule has 0 bridgehead atoms. The second-order valence-corrected chi connectivity index (χ2v) is 14.0. The Hall–Kier alpha value is -4.04. The number of hydrogen-bond acceptors (Lipinski definition) is 13. The number of para-hydroxylation sites is 1. The van der Waals surface area contributed by atoms with Gasteiger partial charge in [0.15, 0.2) is 17.5 Å². The molecule has 48 heavy (non-hydrogen) atoms. The number of carbonyl (C=O) groups excluding carboxylic acids is 3. The molecule has 1 aliphatic heterocycles. The number of aromatic nitrogens is 3. The van der Waals surface area contributed by atoms with Gasteiger partial charge in [-0.15, -0.1) is 0 Å². The Labute approximate surface area is 278 Å². The molecule has 0 spiro atoms. The lowest BCUT2D eigenvalue weighted by atomic mass is 9.78. The first-order valence-electron chi connectivity index (χ1n) is 15.9.